The summed E-state index contributed by atoms with van der Waals surface area (Å²) in [5.74, 6) is 2.33. The zero-order chi connectivity index (χ0) is 31.8. The Balaban J connectivity index is 1.81. The number of methoxy groups -OCH3 is 4. The van der Waals surface area contributed by atoms with E-state index in [-0.39, 0.29) is 22.9 Å². The van der Waals surface area contributed by atoms with Gasteiger partial charge in [0.2, 0.25) is 23.0 Å². The Bertz CT molecular complexity index is 1560. The first-order valence-electron chi connectivity index (χ1n) is 14.2. The Kier molecular flexibility index (Phi) is 11.0. The highest BCUT2D eigenvalue weighted by molar-refractivity contribution is 7.98. The van der Waals surface area contributed by atoms with Gasteiger partial charge in [-0.25, -0.2) is 0 Å². The maximum Gasteiger partial charge on any atom is 0.246 e. The molecule has 0 radical (unpaired) electrons. The van der Waals surface area contributed by atoms with Gasteiger partial charge < -0.3 is 34.9 Å². The second-order valence-electron chi connectivity index (χ2n) is 10.3. The van der Waals surface area contributed by atoms with Gasteiger partial charge in [-0.3, -0.25) is 14.4 Å². The van der Waals surface area contributed by atoms with Gasteiger partial charge in [-0.05, 0) is 90.4 Å². The van der Waals surface area contributed by atoms with Crippen molar-refractivity contribution in [1.29, 1.82) is 0 Å². The molecule has 11 heteroatoms. The van der Waals surface area contributed by atoms with Crippen LogP contribution in [0, 0.1) is 0 Å². The minimum Gasteiger partial charge on any atom is -0.497 e. The summed E-state index contributed by atoms with van der Waals surface area (Å²) in [7, 11) is 6.24. The van der Waals surface area contributed by atoms with Gasteiger partial charge in [-0.15, -0.1) is 0 Å². The van der Waals surface area contributed by atoms with Gasteiger partial charge in [0, 0.05) is 18.2 Å². The molecule has 0 saturated carbocycles. The predicted octanol–water partition coefficient (Wildman–Crippen LogP) is 5.04. The van der Waals surface area contributed by atoms with Crippen molar-refractivity contribution in [3.05, 3.63) is 69.9 Å². The van der Waals surface area contributed by atoms with Crippen molar-refractivity contribution < 1.29 is 28.5 Å². The van der Waals surface area contributed by atoms with Crippen molar-refractivity contribution in [2.75, 3.05) is 51.1 Å². The Morgan fingerprint density at radius 2 is 1.68 bits per heavy atom. The van der Waals surface area contributed by atoms with E-state index in [9.17, 15) is 14.4 Å². The third-order valence-corrected chi connectivity index (χ3v) is 8.17. The van der Waals surface area contributed by atoms with E-state index >= 15 is 0 Å². The number of ether oxygens (including phenoxy) is 4. The quantitative estimate of drug-likeness (QED) is 0.255. The molecule has 234 valence electrons. The molecule has 3 N–H and O–H groups in total. The monoisotopic (exact) mass is 621 g/mol. The molecule has 0 fully saturated rings. The van der Waals surface area contributed by atoms with Gasteiger partial charge >= 0.3 is 0 Å². The zero-order valence-electron chi connectivity index (χ0n) is 25.9. The number of anilines is 2. The van der Waals surface area contributed by atoms with Crippen LogP contribution in [0.2, 0.25) is 0 Å². The Labute approximate surface area is 261 Å². The van der Waals surface area contributed by atoms with E-state index in [1.54, 1.807) is 70.5 Å². The Hall–Kier alpha value is -4.38. The van der Waals surface area contributed by atoms with Crippen LogP contribution in [-0.4, -0.2) is 58.3 Å². The maximum absolute atomic E-state index is 13.8. The first-order valence-corrected chi connectivity index (χ1v) is 15.6. The number of nitrogens with one attached hydrogen (secondary N) is 3. The lowest BCUT2D eigenvalue weighted by Gasteiger charge is -2.19. The summed E-state index contributed by atoms with van der Waals surface area (Å²) in [4.78, 5) is 39.4. The largest absolute Gasteiger partial charge is 0.497 e. The lowest BCUT2D eigenvalue weighted by Crippen LogP contribution is -2.36. The number of hydrogen-bond acceptors (Lipinski definition) is 9. The summed E-state index contributed by atoms with van der Waals surface area (Å²) in [6.45, 7) is 1.45. The highest BCUT2D eigenvalue weighted by atomic mass is 32.2. The fourth-order valence-electron chi connectivity index (χ4n) is 5.42. The summed E-state index contributed by atoms with van der Waals surface area (Å²) in [5, 5.41) is 9.15. The molecule has 4 rings (SSSR count). The zero-order valence-corrected chi connectivity index (χ0v) is 26.7. The number of fused-ring (bicyclic) bond motifs is 3. The molecule has 3 aromatic carbocycles. The van der Waals surface area contributed by atoms with Crippen molar-refractivity contribution in [2.45, 2.75) is 38.3 Å². The van der Waals surface area contributed by atoms with Crippen molar-refractivity contribution in [2.24, 2.45) is 0 Å². The van der Waals surface area contributed by atoms with Gasteiger partial charge in [0.15, 0.2) is 11.5 Å². The second kappa shape index (κ2) is 14.9. The average Bonchev–Trinajstić information content (AvgIpc) is 3.26. The summed E-state index contributed by atoms with van der Waals surface area (Å²) < 4.78 is 22.3. The number of aryl methyl sites for hydroxylation is 1. The summed E-state index contributed by atoms with van der Waals surface area (Å²) in [6, 6.07) is 12.9. The molecule has 0 bridgehead atoms. The van der Waals surface area contributed by atoms with Crippen LogP contribution in [0.3, 0.4) is 0 Å². The average molecular weight is 622 g/mol. The van der Waals surface area contributed by atoms with E-state index < -0.39 is 12.1 Å². The van der Waals surface area contributed by atoms with Gasteiger partial charge in [0.1, 0.15) is 11.8 Å². The van der Waals surface area contributed by atoms with Crippen molar-refractivity contribution in [3.63, 3.8) is 0 Å². The van der Waals surface area contributed by atoms with Gasteiger partial charge in [0.05, 0.1) is 40.2 Å². The highest BCUT2D eigenvalue weighted by Crippen LogP contribution is 2.50. The molecule has 0 aromatic heterocycles. The van der Waals surface area contributed by atoms with E-state index in [2.05, 4.69) is 16.0 Å². The van der Waals surface area contributed by atoms with E-state index in [1.807, 2.05) is 18.4 Å². The molecule has 1 aliphatic rings. The highest BCUT2D eigenvalue weighted by Gasteiger charge is 2.30. The fourth-order valence-corrected chi connectivity index (χ4v) is 5.89. The van der Waals surface area contributed by atoms with Crippen LogP contribution in [0.5, 0.6) is 23.0 Å². The van der Waals surface area contributed by atoms with Crippen LogP contribution < -0.4 is 40.3 Å². The van der Waals surface area contributed by atoms with E-state index in [0.29, 0.717) is 64.8 Å². The van der Waals surface area contributed by atoms with E-state index in [0.717, 1.165) is 11.1 Å². The molecule has 0 saturated heterocycles. The van der Waals surface area contributed by atoms with Crippen LogP contribution in [0.15, 0.2) is 53.3 Å². The summed E-state index contributed by atoms with van der Waals surface area (Å²) >= 11 is 1.61. The normalized spacial score (nSPS) is 14.2. The molecule has 0 heterocycles. The Morgan fingerprint density at radius 1 is 0.955 bits per heavy atom. The Morgan fingerprint density at radius 3 is 2.30 bits per heavy atom. The molecular formula is C33H39N3O7S. The SMILES string of the molecule is COc1ccc(NC(=O)[C@H](CCSC)Nc2ccc3c(cc2=O)[C@@H](NC(C)=O)CCc2cc(OC)c(OC)c(OC)c2-3)cc1. The summed E-state index contributed by atoms with van der Waals surface area (Å²) in [5.41, 5.74) is 3.61. The minimum absolute atomic E-state index is 0.210. The number of hydrogen-bond donors (Lipinski definition) is 3. The molecule has 2 amide bonds. The number of carbonyl (C=O) groups excluding carboxylic acids is 2. The van der Waals surface area contributed by atoms with Crippen LogP contribution in [-0.2, 0) is 16.0 Å². The molecule has 1 aliphatic carbocycles. The lowest BCUT2D eigenvalue weighted by atomic mass is 9.95. The molecule has 10 nitrogen and oxygen atoms in total. The van der Waals surface area contributed by atoms with Gasteiger partial charge in [-0.2, -0.15) is 11.8 Å². The molecular weight excluding hydrogens is 582 g/mol. The first-order chi connectivity index (χ1) is 21.2. The standard InChI is InChI=1S/C33H39N3O7S/c1-19(37)34-25-13-7-20-17-29(41-3)31(42-4)32(43-5)30(20)23-12-14-26(28(38)18-24(23)25)36-27(15-16-44-6)33(39)35-21-8-10-22(40-2)11-9-21/h8-12,14,17-18,25,27H,7,13,15-16H2,1-6H3,(H,34,37)(H,35,39)(H,36,38)/t25-,27-/m0/s1. The molecule has 0 aliphatic heterocycles. The van der Waals surface area contributed by atoms with Crippen molar-refractivity contribution in [3.8, 4) is 34.1 Å². The summed E-state index contributed by atoms with van der Waals surface area (Å²) in [6.07, 6.45) is 3.60. The number of amides is 2. The number of rotatable bonds is 12. The maximum atomic E-state index is 13.8. The molecule has 2 atom stereocenters. The molecule has 3 aromatic rings. The first kappa shape index (κ1) is 32.5. The second-order valence-corrected chi connectivity index (χ2v) is 11.3. The van der Waals surface area contributed by atoms with Crippen LogP contribution >= 0.6 is 11.8 Å². The third-order valence-electron chi connectivity index (χ3n) is 7.53. The van der Waals surface area contributed by atoms with Gasteiger partial charge in [-0.1, -0.05) is 6.07 Å². The topological polar surface area (TPSA) is 124 Å². The van der Waals surface area contributed by atoms with Crippen LogP contribution in [0.4, 0.5) is 11.4 Å². The number of benzene rings is 2. The third kappa shape index (κ3) is 7.21. The fraction of sp³-hybridized carbons (Fsp3) is 0.364. The van der Waals surface area contributed by atoms with Crippen molar-refractivity contribution >= 4 is 35.0 Å². The van der Waals surface area contributed by atoms with Crippen LogP contribution in [0.25, 0.3) is 11.1 Å². The smallest absolute Gasteiger partial charge is 0.246 e. The number of carbonyl (C=O) groups is 2. The van der Waals surface area contributed by atoms with Crippen LogP contribution in [0.1, 0.15) is 36.9 Å². The molecule has 44 heavy (non-hydrogen) atoms. The molecule has 0 spiro atoms. The lowest BCUT2D eigenvalue weighted by molar-refractivity contribution is -0.120. The van der Waals surface area contributed by atoms with E-state index in [1.165, 1.54) is 13.0 Å². The van der Waals surface area contributed by atoms with Crippen molar-refractivity contribution in [1.82, 2.24) is 5.32 Å². The van der Waals surface area contributed by atoms with Gasteiger partial charge in [0.25, 0.3) is 0 Å². The molecule has 0 unspecified atom stereocenters. The number of thioether (sulfide) groups is 1. The van der Waals surface area contributed by atoms with E-state index in [4.69, 9.17) is 18.9 Å². The minimum atomic E-state index is -0.684. The predicted molar refractivity (Wildman–Crippen MR) is 175 cm³/mol.